The second-order valence-corrected chi connectivity index (χ2v) is 13.0. The topological polar surface area (TPSA) is 122 Å². The lowest BCUT2D eigenvalue weighted by atomic mass is 10.1. The second-order valence-electron chi connectivity index (χ2n) is 13.0. The Morgan fingerprint density at radius 3 is 2.11 bits per heavy atom. The molecule has 0 aliphatic carbocycles. The van der Waals surface area contributed by atoms with Crippen molar-refractivity contribution in [1.82, 2.24) is 14.8 Å². The maximum absolute atomic E-state index is 13.8. The first-order chi connectivity index (χ1) is 20.6. The van der Waals surface area contributed by atoms with E-state index in [1.54, 1.807) is 59.6 Å². The van der Waals surface area contributed by atoms with E-state index in [9.17, 15) is 14.4 Å². The van der Waals surface area contributed by atoms with Crippen molar-refractivity contribution >= 4 is 35.3 Å². The summed E-state index contributed by atoms with van der Waals surface area (Å²) < 4.78 is 11.5. The maximum atomic E-state index is 13.8. The number of rotatable bonds is 0. The van der Waals surface area contributed by atoms with Crippen molar-refractivity contribution < 1.29 is 23.9 Å². The van der Waals surface area contributed by atoms with Gasteiger partial charge >= 0.3 is 12.2 Å². The van der Waals surface area contributed by atoms with Crippen molar-refractivity contribution in [2.45, 2.75) is 91.5 Å². The fourth-order valence-corrected chi connectivity index (χ4v) is 5.42. The molecular weight excluding hydrogens is 560 g/mol. The SMILES string of the molecule is CC.CN1CCCN(C)c2c(N)cccc2-c2cccc(n2)N(C(=O)OC(C)(C)C)C2CC(C1=O)N(C(=O)OC(C)(C)C)C2. The van der Waals surface area contributed by atoms with Gasteiger partial charge in [0.2, 0.25) is 5.91 Å². The zero-order valence-electron chi connectivity index (χ0n) is 28.0. The Labute approximate surface area is 262 Å². The van der Waals surface area contributed by atoms with Crippen molar-refractivity contribution in [2.75, 3.05) is 49.3 Å². The van der Waals surface area contributed by atoms with Crippen LogP contribution in [0.15, 0.2) is 36.4 Å². The van der Waals surface area contributed by atoms with Gasteiger partial charge in [-0.1, -0.05) is 32.0 Å². The highest BCUT2D eigenvalue weighted by Gasteiger charge is 2.47. The van der Waals surface area contributed by atoms with Gasteiger partial charge < -0.3 is 25.0 Å². The van der Waals surface area contributed by atoms with E-state index >= 15 is 0 Å². The van der Waals surface area contributed by atoms with Crippen molar-refractivity contribution in [3.8, 4) is 11.3 Å². The number of pyridine rings is 1. The Morgan fingerprint density at radius 2 is 1.48 bits per heavy atom. The normalized spacial score (nSPS) is 19.3. The smallest absolute Gasteiger partial charge is 0.416 e. The predicted octanol–water partition coefficient (Wildman–Crippen LogP) is 5.77. The number of likely N-dealkylation sites (N-methyl/N-ethyl adjacent to an activating group) is 1. The number of nitrogens with two attached hydrogens (primary N) is 1. The molecule has 1 fully saturated rings. The van der Waals surface area contributed by atoms with Crippen molar-refractivity contribution in [3.05, 3.63) is 36.4 Å². The maximum Gasteiger partial charge on any atom is 0.416 e. The zero-order chi connectivity index (χ0) is 33.0. The van der Waals surface area contributed by atoms with Crippen LogP contribution in [0, 0.1) is 0 Å². The average molecular weight is 611 g/mol. The minimum absolute atomic E-state index is 0.0799. The lowest BCUT2D eigenvalue weighted by Gasteiger charge is -2.32. The van der Waals surface area contributed by atoms with Gasteiger partial charge in [-0.05, 0) is 72.6 Å². The van der Waals surface area contributed by atoms with Gasteiger partial charge in [0.15, 0.2) is 0 Å². The third-order valence-electron chi connectivity index (χ3n) is 7.22. The Morgan fingerprint density at radius 1 is 0.886 bits per heavy atom. The number of nitrogens with zero attached hydrogens (tertiary/aromatic N) is 5. The number of nitrogen functional groups attached to an aromatic ring is 1. The van der Waals surface area contributed by atoms with E-state index < -0.39 is 35.5 Å². The summed E-state index contributed by atoms with van der Waals surface area (Å²) in [6.07, 6.45) is -0.339. The van der Waals surface area contributed by atoms with Crippen LogP contribution in [-0.4, -0.2) is 89.9 Å². The standard InChI is InChI=1S/C31H44N6O5.C2H6/c1-30(2,3)41-28(39)36-19-20-18-24(36)27(38)35(8)17-11-16-34(7)26-21(12-9-13-22(26)32)23-14-10-15-25(33-23)37(20)29(40)42-31(4,5)6;1-2/h9-10,12-15,20,24H,11,16-19,32H2,1-8H3;1-2H3. The van der Waals surface area contributed by atoms with Crippen LogP contribution in [0.25, 0.3) is 11.3 Å². The molecule has 4 rings (SSSR count). The number of amides is 3. The summed E-state index contributed by atoms with van der Waals surface area (Å²) in [5.41, 5.74) is 7.81. The molecule has 2 unspecified atom stereocenters. The highest BCUT2D eigenvalue weighted by atomic mass is 16.6. The molecule has 0 radical (unpaired) electrons. The molecule has 44 heavy (non-hydrogen) atoms. The molecule has 1 aromatic heterocycles. The molecule has 11 heteroatoms. The Kier molecular flexibility index (Phi) is 10.8. The van der Waals surface area contributed by atoms with Gasteiger partial charge in [0.05, 0.1) is 23.1 Å². The number of aromatic nitrogens is 1. The first-order valence-corrected chi connectivity index (χ1v) is 15.4. The first-order valence-electron chi connectivity index (χ1n) is 15.4. The van der Waals surface area contributed by atoms with E-state index in [0.717, 1.165) is 11.3 Å². The fraction of sp³-hybridized carbons (Fsp3) is 0.576. The predicted molar refractivity (Wildman–Crippen MR) is 175 cm³/mol. The molecule has 4 bridgehead atoms. The molecule has 2 aliphatic heterocycles. The molecule has 2 N–H and O–H groups in total. The molecule has 0 spiro atoms. The number of carbonyl (C=O) groups excluding carboxylic acids is 3. The van der Waals surface area contributed by atoms with Gasteiger partial charge in [0, 0.05) is 39.3 Å². The summed E-state index contributed by atoms with van der Waals surface area (Å²) >= 11 is 0. The van der Waals surface area contributed by atoms with Crippen LogP contribution < -0.4 is 15.5 Å². The molecule has 242 valence electrons. The number of benzene rings is 1. The van der Waals surface area contributed by atoms with Crippen molar-refractivity contribution in [1.29, 1.82) is 0 Å². The highest BCUT2D eigenvalue weighted by Crippen LogP contribution is 2.37. The minimum Gasteiger partial charge on any atom is -0.444 e. The third-order valence-corrected chi connectivity index (χ3v) is 7.22. The summed E-state index contributed by atoms with van der Waals surface area (Å²) in [4.78, 5) is 52.6. The van der Waals surface area contributed by atoms with Gasteiger partial charge in [-0.15, -0.1) is 0 Å². The summed E-state index contributed by atoms with van der Waals surface area (Å²) in [5, 5.41) is 0. The molecule has 2 atom stereocenters. The molecular formula is C33H50N6O5. The first kappa shape index (κ1) is 34.5. The average Bonchev–Trinajstić information content (AvgIpc) is 3.36. The van der Waals surface area contributed by atoms with Gasteiger partial charge in [0.1, 0.15) is 23.1 Å². The molecule has 1 saturated heterocycles. The molecule has 1 aromatic carbocycles. The molecule has 3 heterocycles. The van der Waals surface area contributed by atoms with Gasteiger partial charge in [-0.2, -0.15) is 0 Å². The van der Waals surface area contributed by atoms with Crippen LogP contribution in [0.5, 0.6) is 0 Å². The van der Waals surface area contributed by atoms with Gasteiger partial charge in [0.25, 0.3) is 0 Å². The van der Waals surface area contributed by atoms with Crippen LogP contribution in [0.1, 0.15) is 68.2 Å². The van der Waals surface area contributed by atoms with Crippen LogP contribution >= 0.6 is 0 Å². The highest BCUT2D eigenvalue weighted by molar-refractivity contribution is 5.91. The summed E-state index contributed by atoms with van der Waals surface area (Å²) in [5.74, 6) is 0.134. The number of hydrogen-bond acceptors (Lipinski definition) is 8. The van der Waals surface area contributed by atoms with E-state index in [0.29, 0.717) is 36.7 Å². The quantitative estimate of drug-likeness (QED) is 0.373. The monoisotopic (exact) mass is 610 g/mol. The Balaban J connectivity index is 0.00000259. The van der Waals surface area contributed by atoms with Gasteiger partial charge in [-0.3, -0.25) is 14.6 Å². The molecule has 2 aromatic rings. The van der Waals surface area contributed by atoms with Crippen LogP contribution in [0.3, 0.4) is 0 Å². The largest absolute Gasteiger partial charge is 0.444 e. The number of fused-ring (bicyclic) bond motifs is 6. The summed E-state index contributed by atoms with van der Waals surface area (Å²) in [7, 11) is 3.69. The van der Waals surface area contributed by atoms with Crippen LogP contribution in [0.4, 0.5) is 26.8 Å². The number of ether oxygens (including phenoxy) is 2. The van der Waals surface area contributed by atoms with E-state index in [1.807, 2.05) is 51.2 Å². The lowest BCUT2D eigenvalue weighted by molar-refractivity contribution is -0.134. The molecule has 11 nitrogen and oxygen atoms in total. The summed E-state index contributed by atoms with van der Waals surface area (Å²) in [6.45, 7) is 15.9. The van der Waals surface area contributed by atoms with E-state index in [1.165, 1.54) is 9.80 Å². The second kappa shape index (κ2) is 13.7. The minimum atomic E-state index is -0.821. The van der Waals surface area contributed by atoms with Crippen molar-refractivity contribution in [2.24, 2.45) is 0 Å². The molecule has 2 aliphatic rings. The molecule has 0 saturated carbocycles. The van der Waals surface area contributed by atoms with E-state index in [2.05, 4.69) is 4.90 Å². The van der Waals surface area contributed by atoms with Crippen LogP contribution in [-0.2, 0) is 14.3 Å². The Bertz CT molecular complexity index is 1330. The van der Waals surface area contributed by atoms with Gasteiger partial charge in [-0.25, -0.2) is 14.6 Å². The third kappa shape index (κ3) is 8.12. The van der Waals surface area contributed by atoms with E-state index in [-0.39, 0.29) is 18.9 Å². The van der Waals surface area contributed by atoms with Crippen LogP contribution in [0.2, 0.25) is 0 Å². The number of likely N-dealkylation sites (tertiary alicyclic amines) is 1. The van der Waals surface area contributed by atoms with Crippen molar-refractivity contribution in [3.63, 3.8) is 0 Å². The number of anilines is 3. The number of para-hydroxylation sites is 1. The number of carbonyl (C=O) groups is 3. The molecule has 3 amide bonds. The summed E-state index contributed by atoms with van der Waals surface area (Å²) in [6, 6.07) is 9.71. The lowest BCUT2D eigenvalue weighted by Crippen LogP contribution is -2.48. The number of hydrogen-bond donors (Lipinski definition) is 1. The zero-order valence-corrected chi connectivity index (χ0v) is 28.0. The van der Waals surface area contributed by atoms with E-state index in [4.69, 9.17) is 20.2 Å². The fourth-order valence-electron chi connectivity index (χ4n) is 5.42. The Hall–Kier alpha value is -4.02.